The quantitative estimate of drug-likeness (QED) is 0.425. The minimum absolute atomic E-state index is 0.0318. The molecule has 1 N–H and O–H groups in total. The smallest absolute Gasteiger partial charge is 0.382 e. The number of halogens is 5. The van der Waals surface area contributed by atoms with Crippen molar-refractivity contribution in [1.82, 2.24) is 5.32 Å². The summed E-state index contributed by atoms with van der Waals surface area (Å²) in [5, 5.41) is 5.96. The van der Waals surface area contributed by atoms with Gasteiger partial charge in [0.2, 0.25) is 6.10 Å². The SMILES string of the molecule is CCC(O/N=C\c1cccc(C(F)(F)F)c1)C(=O)NCc1cc(F)ccc1F. The summed E-state index contributed by atoms with van der Waals surface area (Å²) in [6.07, 6.45) is -4.27. The molecule has 4 nitrogen and oxygen atoms in total. The maximum atomic E-state index is 13.6. The van der Waals surface area contributed by atoms with Crippen LogP contribution < -0.4 is 5.32 Å². The fourth-order valence-corrected chi connectivity index (χ4v) is 2.24. The molecule has 0 fully saturated rings. The summed E-state index contributed by atoms with van der Waals surface area (Å²) in [6.45, 7) is 1.38. The van der Waals surface area contributed by atoms with E-state index >= 15 is 0 Å². The number of hydrogen-bond acceptors (Lipinski definition) is 3. The second-order valence-electron chi connectivity index (χ2n) is 5.81. The highest BCUT2D eigenvalue weighted by molar-refractivity contribution is 5.81. The molecule has 0 spiro atoms. The first kappa shape index (κ1) is 21.3. The first-order chi connectivity index (χ1) is 13.2. The lowest BCUT2D eigenvalue weighted by atomic mass is 10.1. The molecule has 2 rings (SSSR count). The van der Waals surface area contributed by atoms with Gasteiger partial charge in [-0.25, -0.2) is 8.78 Å². The highest BCUT2D eigenvalue weighted by atomic mass is 19.4. The molecule has 0 saturated carbocycles. The highest BCUT2D eigenvalue weighted by Crippen LogP contribution is 2.29. The van der Waals surface area contributed by atoms with Gasteiger partial charge in [-0.15, -0.1) is 0 Å². The van der Waals surface area contributed by atoms with E-state index < -0.39 is 35.4 Å². The number of carbonyl (C=O) groups is 1. The van der Waals surface area contributed by atoms with Gasteiger partial charge in [-0.1, -0.05) is 24.2 Å². The minimum atomic E-state index is -4.48. The van der Waals surface area contributed by atoms with Crippen molar-refractivity contribution in [3.05, 3.63) is 70.8 Å². The Hall–Kier alpha value is -2.97. The maximum absolute atomic E-state index is 13.6. The highest BCUT2D eigenvalue weighted by Gasteiger charge is 2.30. The molecule has 2 aromatic rings. The van der Waals surface area contributed by atoms with Crippen molar-refractivity contribution in [2.45, 2.75) is 32.2 Å². The van der Waals surface area contributed by atoms with Gasteiger partial charge in [-0.05, 0) is 42.3 Å². The number of nitrogens with one attached hydrogen (secondary N) is 1. The molecule has 0 saturated heterocycles. The number of carbonyl (C=O) groups excluding carboxylic acids is 1. The average molecular weight is 400 g/mol. The van der Waals surface area contributed by atoms with E-state index in [9.17, 15) is 26.7 Å². The minimum Gasteiger partial charge on any atom is -0.382 e. The standard InChI is InChI=1S/C19H17F5N2O2/c1-2-17(18(27)25-11-13-9-15(20)6-7-16(13)21)28-26-10-12-4-3-5-14(8-12)19(22,23)24/h3-10,17H,2,11H2,1H3,(H,25,27)/b26-10-. The van der Waals surface area contributed by atoms with Crippen molar-refractivity contribution < 1.29 is 31.6 Å². The lowest BCUT2D eigenvalue weighted by Crippen LogP contribution is -2.35. The van der Waals surface area contributed by atoms with Crippen molar-refractivity contribution in [2.75, 3.05) is 0 Å². The molecule has 150 valence electrons. The van der Waals surface area contributed by atoms with Gasteiger partial charge in [0, 0.05) is 12.1 Å². The predicted molar refractivity (Wildman–Crippen MR) is 92.4 cm³/mol. The number of alkyl halides is 3. The van der Waals surface area contributed by atoms with Gasteiger partial charge < -0.3 is 10.2 Å². The van der Waals surface area contributed by atoms with Crippen LogP contribution in [0.5, 0.6) is 0 Å². The Balaban J connectivity index is 1.95. The fraction of sp³-hybridized carbons (Fsp3) is 0.263. The Morgan fingerprint density at radius 2 is 1.96 bits per heavy atom. The van der Waals surface area contributed by atoms with Gasteiger partial charge >= 0.3 is 6.18 Å². The zero-order valence-corrected chi connectivity index (χ0v) is 14.8. The van der Waals surface area contributed by atoms with Gasteiger partial charge in [0.05, 0.1) is 11.8 Å². The summed E-state index contributed by atoms with van der Waals surface area (Å²) >= 11 is 0. The van der Waals surface area contributed by atoms with Crippen LogP contribution in [0.25, 0.3) is 0 Å². The van der Waals surface area contributed by atoms with Gasteiger partial charge in [0.25, 0.3) is 5.91 Å². The Labute approximate surface area is 158 Å². The van der Waals surface area contributed by atoms with Crippen molar-refractivity contribution >= 4 is 12.1 Å². The molecule has 1 atom stereocenters. The van der Waals surface area contributed by atoms with Crippen LogP contribution >= 0.6 is 0 Å². The van der Waals surface area contributed by atoms with E-state index in [0.717, 1.165) is 36.5 Å². The third kappa shape index (κ3) is 6.04. The molecule has 0 radical (unpaired) electrons. The third-order valence-electron chi connectivity index (χ3n) is 3.73. The molecule has 1 amide bonds. The predicted octanol–water partition coefficient (Wildman–Crippen LogP) is 4.43. The number of hydrogen-bond donors (Lipinski definition) is 1. The van der Waals surface area contributed by atoms with Crippen molar-refractivity contribution in [3.63, 3.8) is 0 Å². The molecule has 0 aliphatic carbocycles. The topological polar surface area (TPSA) is 50.7 Å². The van der Waals surface area contributed by atoms with Gasteiger partial charge in [0.1, 0.15) is 11.6 Å². The molecule has 0 bridgehead atoms. The third-order valence-corrected chi connectivity index (χ3v) is 3.73. The van der Waals surface area contributed by atoms with Crippen LogP contribution in [0.4, 0.5) is 22.0 Å². The van der Waals surface area contributed by atoms with Crippen molar-refractivity contribution in [2.24, 2.45) is 5.16 Å². The van der Waals surface area contributed by atoms with Crippen LogP contribution in [0.3, 0.4) is 0 Å². The number of benzene rings is 2. The average Bonchev–Trinajstić information content (AvgIpc) is 2.65. The Morgan fingerprint density at radius 3 is 2.64 bits per heavy atom. The molecule has 1 unspecified atom stereocenters. The first-order valence-corrected chi connectivity index (χ1v) is 8.28. The van der Waals surface area contributed by atoms with Crippen LogP contribution in [-0.2, 0) is 22.4 Å². The van der Waals surface area contributed by atoms with Crippen LogP contribution in [0, 0.1) is 11.6 Å². The van der Waals surface area contributed by atoms with Gasteiger partial charge in [-0.3, -0.25) is 4.79 Å². The molecule has 9 heteroatoms. The van der Waals surface area contributed by atoms with Crippen molar-refractivity contribution in [1.29, 1.82) is 0 Å². The summed E-state index contributed by atoms with van der Waals surface area (Å²) in [4.78, 5) is 17.1. The van der Waals surface area contributed by atoms with Crippen LogP contribution in [0.2, 0.25) is 0 Å². The van der Waals surface area contributed by atoms with Crippen LogP contribution in [-0.4, -0.2) is 18.2 Å². The molecule has 0 aliphatic heterocycles. The summed E-state index contributed by atoms with van der Waals surface area (Å²) in [5.74, 6) is -1.93. The Kier molecular flexibility index (Phi) is 7.08. The lowest BCUT2D eigenvalue weighted by molar-refractivity contribution is -0.137. The van der Waals surface area contributed by atoms with Gasteiger partial charge in [0.15, 0.2) is 0 Å². The van der Waals surface area contributed by atoms with Gasteiger partial charge in [-0.2, -0.15) is 13.2 Å². The van der Waals surface area contributed by atoms with E-state index in [-0.39, 0.29) is 24.1 Å². The van der Waals surface area contributed by atoms with Crippen molar-refractivity contribution in [3.8, 4) is 0 Å². The summed E-state index contributed by atoms with van der Waals surface area (Å²) in [7, 11) is 0. The van der Waals surface area contributed by atoms with Crippen LogP contribution in [0.1, 0.15) is 30.0 Å². The second-order valence-corrected chi connectivity index (χ2v) is 5.81. The molecule has 28 heavy (non-hydrogen) atoms. The van der Waals surface area contributed by atoms with E-state index in [2.05, 4.69) is 10.5 Å². The summed E-state index contributed by atoms with van der Waals surface area (Å²) in [5.41, 5.74) is -0.721. The van der Waals surface area contributed by atoms with E-state index in [0.29, 0.717) is 0 Å². The Bertz CT molecular complexity index is 852. The molecule has 0 heterocycles. The van der Waals surface area contributed by atoms with E-state index in [1.54, 1.807) is 6.92 Å². The molecular weight excluding hydrogens is 383 g/mol. The summed E-state index contributed by atoms with van der Waals surface area (Å²) < 4.78 is 64.7. The van der Waals surface area contributed by atoms with Crippen LogP contribution in [0.15, 0.2) is 47.6 Å². The molecule has 2 aromatic carbocycles. The zero-order valence-electron chi connectivity index (χ0n) is 14.8. The van der Waals surface area contributed by atoms with E-state index in [1.807, 2.05) is 0 Å². The molecular formula is C19H17F5N2O2. The molecule has 0 aromatic heterocycles. The number of amides is 1. The maximum Gasteiger partial charge on any atom is 0.416 e. The lowest BCUT2D eigenvalue weighted by Gasteiger charge is -2.13. The Morgan fingerprint density at radius 1 is 1.21 bits per heavy atom. The number of nitrogens with zero attached hydrogens (tertiary/aromatic N) is 1. The number of rotatable bonds is 7. The first-order valence-electron chi connectivity index (χ1n) is 8.28. The van der Waals surface area contributed by atoms with E-state index in [1.165, 1.54) is 12.1 Å². The zero-order chi connectivity index (χ0) is 20.7. The number of oxime groups is 1. The fourth-order valence-electron chi connectivity index (χ4n) is 2.24. The summed E-state index contributed by atoms with van der Waals surface area (Å²) in [6, 6.07) is 7.30. The normalized spacial score (nSPS) is 12.8. The molecule has 0 aliphatic rings. The van der Waals surface area contributed by atoms with E-state index in [4.69, 9.17) is 4.84 Å². The largest absolute Gasteiger partial charge is 0.416 e. The second kappa shape index (κ2) is 9.29. The monoisotopic (exact) mass is 400 g/mol.